The van der Waals surface area contributed by atoms with Crippen LogP contribution < -0.4 is 15.5 Å². The van der Waals surface area contributed by atoms with Crippen LogP contribution in [0.3, 0.4) is 0 Å². The zero-order valence-electron chi connectivity index (χ0n) is 21.0. The van der Waals surface area contributed by atoms with Crippen LogP contribution >= 0.6 is 0 Å². The van der Waals surface area contributed by atoms with Crippen molar-refractivity contribution < 1.29 is 40.3 Å². The van der Waals surface area contributed by atoms with Crippen LogP contribution in [-0.2, 0) is 15.8 Å². The molecule has 2 aliphatic rings. The van der Waals surface area contributed by atoms with Gasteiger partial charge in [0.2, 0.25) is 11.8 Å². The Kier molecular flexibility index (Phi) is 7.79. The number of amides is 2. The van der Waals surface area contributed by atoms with Crippen LogP contribution in [0.2, 0.25) is 0 Å². The molecule has 1 aromatic carbocycles. The molecule has 1 aromatic heterocycles. The Bertz CT molecular complexity index is 1250. The number of alkyl halides is 6. The number of nitrogens with zero attached hydrogens (tertiary/aromatic N) is 3. The van der Waals surface area contributed by atoms with Gasteiger partial charge >= 0.3 is 12.4 Å². The van der Waals surface area contributed by atoms with Crippen molar-refractivity contribution >= 4 is 23.2 Å². The smallest absolute Gasteiger partial charge is 0.367 e. The molecule has 2 fully saturated rings. The first kappa shape index (κ1) is 28.6. The number of hydrogen-bond acceptors (Lipinski definition) is 5. The molecular weight excluding hydrogens is 535 g/mol. The SMILES string of the molecule is C[C@H]1CN(c2cc(F)c(-c3cccc(C(F)(F)F)n3)cc2NC(=O)C2CNC(=O)CC2C(F)(F)F)CCN1C. The van der Waals surface area contributed by atoms with Crippen LogP contribution in [0.4, 0.5) is 42.1 Å². The molecule has 2 N–H and O–H groups in total. The highest BCUT2D eigenvalue weighted by atomic mass is 19.4. The molecule has 0 bridgehead atoms. The molecule has 0 saturated carbocycles. The predicted molar refractivity (Wildman–Crippen MR) is 128 cm³/mol. The monoisotopic (exact) mass is 561 g/mol. The summed E-state index contributed by atoms with van der Waals surface area (Å²) < 4.78 is 96.0. The first-order valence-corrected chi connectivity index (χ1v) is 12.1. The van der Waals surface area contributed by atoms with Crippen molar-refractivity contribution in [3.63, 3.8) is 0 Å². The molecule has 2 amide bonds. The first-order chi connectivity index (χ1) is 18.1. The van der Waals surface area contributed by atoms with Gasteiger partial charge in [-0.05, 0) is 38.2 Å². The second-order valence-electron chi connectivity index (χ2n) is 9.78. The molecule has 2 aromatic rings. The lowest BCUT2D eigenvalue weighted by molar-refractivity contribution is -0.197. The van der Waals surface area contributed by atoms with E-state index in [4.69, 9.17) is 0 Å². The number of carbonyl (C=O) groups is 2. The summed E-state index contributed by atoms with van der Waals surface area (Å²) in [6.45, 7) is 2.72. The fourth-order valence-corrected chi connectivity index (χ4v) is 4.76. The fourth-order valence-electron chi connectivity index (χ4n) is 4.76. The van der Waals surface area contributed by atoms with Gasteiger partial charge in [0.15, 0.2) is 0 Å². The minimum absolute atomic E-state index is 0.0124. The number of piperazine rings is 1. The van der Waals surface area contributed by atoms with E-state index in [9.17, 15) is 35.9 Å². The van der Waals surface area contributed by atoms with Gasteiger partial charge < -0.3 is 20.4 Å². The van der Waals surface area contributed by atoms with Crippen LogP contribution in [0.15, 0.2) is 30.3 Å². The number of pyridine rings is 1. The van der Waals surface area contributed by atoms with Crippen LogP contribution in [0.1, 0.15) is 19.0 Å². The molecule has 39 heavy (non-hydrogen) atoms. The van der Waals surface area contributed by atoms with Gasteiger partial charge in [-0.1, -0.05) is 6.07 Å². The van der Waals surface area contributed by atoms with E-state index in [0.717, 1.165) is 30.3 Å². The van der Waals surface area contributed by atoms with Crippen molar-refractivity contribution in [2.75, 3.05) is 43.4 Å². The third kappa shape index (κ3) is 6.26. The minimum Gasteiger partial charge on any atom is -0.367 e. The number of anilines is 2. The van der Waals surface area contributed by atoms with Gasteiger partial charge in [0.25, 0.3) is 0 Å². The highest BCUT2D eigenvalue weighted by Crippen LogP contribution is 2.39. The number of hydrogen-bond donors (Lipinski definition) is 2. The Labute approximate surface area is 219 Å². The number of rotatable bonds is 4. The zero-order valence-corrected chi connectivity index (χ0v) is 21.0. The number of benzene rings is 1. The minimum atomic E-state index is -4.83. The molecule has 4 rings (SSSR count). The highest BCUT2D eigenvalue weighted by Gasteiger charge is 2.50. The second-order valence-corrected chi connectivity index (χ2v) is 9.78. The lowest BCUT2D eigenvalue weighted by atomic mass is 9.84. The van der Waals surface area contributed by atoms with E-state index in [0.29, 0.717) is 19.6 Å². The topological polar surface area (TPSA) is 77.6 Å². The quantitative estimate of drug-likeness (QED) is 0.545. The third-order valence-electron chi connectivity index (χ3n) is 7.13. The maximum atomic E-state index is 15.4. The Balaban J connectivity index is 1.76. The average molecular weight is 562 g/mol. The van der Waals surface area contributed by atoms with Crippen LogP contribution in [0.25, 0.3) is 11.3 Å². The average Bonchev–Trinajstić information content (AvgIpc) is 2.85. The highest BCUT2D eigenvalue weighted by molar-refractivity contribution is 5.98. The first-order valence-electron chi connectivity index (χ1n) is 12.1. The molecule has 14 heteroatoms. The summed E-state index contributed by atoms with van der Waals surface area (Å²) in [5.74, 6) is -6.71. The molecular formula is C25H26F7N5O2. The van der Waals surface area contributed by atoms with E-state index < -0.39 is 60.5 Å². The second kappa shape index (κ2) is 10.6. The summed E-state index contributed by atoms with van der Waals surface area (Å²) in [6, 6.07) is 5.06. The largest absolute Gasteiger partial charge is 0.433 e. The molecule has 7 nitrogen and oxygen atoms in total. The van der Waals surface area contributed by atoms with Crippen LogP contribution in [0, 0.1) is 17.7 Å². The molecule has 2 unspecified atom stereocenters. The third-order valence-corrected chi connectivity index (χ3v) is 7.13. The number of nitrogens with one attached hydrogen (secondary N) is 2. The Hall–Kier alpha value is -3.42. The molecule has 3 atom stereocenters. The summed E-state index contributed by atoms with van der Waals surface area (Å²) >= 11 is 0. The number of halogens is 7. The summed E-state index contributed by atoms with van der Waals surface area (Å²) in [5, 5.41) is 4.70. The fraction of sp³-hybridized carbons (Fsp3) is 0.480. The van der Waals surface area contributed by atoms with E-state index in [-0.39, 0.29) is 28.7 Å². The summed E-state index contributed by atoms with van der Waals surface area (Å²) in [7, 11) is 1.89. The lowest BCUT2D eigenvalue weighted by Gasteiger charge is -2.40. The Morgan fingerprint density at radius 1 is 1.13 bits per heavy atom. The summed E-state index contributed by atoms with van der Waals surface area (Å²) in [6.07, 6.45) is -10.5. The molecule has 212 valence electrons. The van der Waals surface area contributed by atoms with E-state index >= 15 is 4.39 Å². The van der Waals surface area contributed by atoms with Gasteiger partial charge in [-0.2, -0.15) is 26.3 Å². The van der Waals surface area contributed by atoms with Crippen molar-refractivity contribution in [1.29, 1.82) is 0 Å². The predicted octanol–water partition coefficient (Wildman–Crippen LogP) is 4.30. The Morgan fingerprint density at radius 3 is 2.49 bits per heavy atom. The summed E-state index contributed by atoms with van der Waals surface area (Å²) in [4.78, 5) is 32.1. The lowest BCUT2D eigenvalue weighted by Crippen LogP contribution is -2.51. The van der Waals surface area contributed by atoms with Crippen LogP contribution in [-0.4, -0.2) is 67.1 Å². The van der Waals surface area contributed by atoms with Gasteiger partial charge in [-0.25, -0.2) is 9.37 Å². The maximum absolute atomic E-state index is 15.4. The maximum Gasteiger partial charge on any atom is 0.433 e. The van der Waals surface area contributed by atoms with Gasteiger partial charge in [0.1, 0.15) is 11.5 Å². The van der Waals surface area contributed by atoms with Gasteiger partial charge in [-0.15, -0.1) is 0 Å². The molecule has 2 aliphatic heterocycles. The number of carbonyl (C=O) groups excluding carboxylic acids is 2. The standard InChI is InChI=1S/C25H26F7N5O2/c1-13-12-37(7-6-36(13)2)20-10-17(26)14(18-4-3-5-21(34-18)25(30,31)32)8-19(20)35-23(39)15-11-33-22(38)9-16(15)24(27,28)29/h3-5,8,10,13,15-16H,6-7,9,11-12H2,1-2H3,(H,33,38)(H,35,39)/t13-,15?,16?/m0/s1. The number of piperidine rings is 1. The summed E-state index contributed by atoms with van der Waals surface area (Å²) in [5.41, 5.74) is -1.90. The van der Waals surface area contributed by atoms with Crippen molar-refractivity contribution in [2.45, 2.75) is 31.7 Å². The van der Waals surface area contributed by atoms with Crippen molar-refractivity contribution in [3.05, 3.63) is 41.8 Å². The van der Waals surface area contributed by atoms with Crippen molar-refractivity contribution in [3.8, 4) is 11.3 Å². The van der Waals surface area contributed by atoms with E-state index in [1.54, 1.807) is 4.90 Å². The van der Waals surface area contributed by atoms with Gasteiger partial charge in [-0.3, -0.25) is 9.59 Å². The zero-order chi connectivity index (χ0) is 28.7. The molecule has 0 radical (unpaired) electrons. The number of aromatic nitrogens is 1. The van der Waals surface area contributed by atoms with Crippen molar-refractivity contribution in [2.24, 2.45) is 11.8 Å². The Morgan fingerprint density at radius 2 is 1.85 bits per heavy atom. The van der Waals surface area contributed by atoms with E-state index in [1.165, 1.54) is 0 Å². The molecule has 2 saturated heterocycles. The van der Waals surface area contributed by atoms with Crippen molar-refractivity contribution in [1.82, 2.24) is 15.2 Å². The molecule has 0 spiro atoms. The van der Waals surface area contributed by atoms with Crippen LogP contribution in [0.5, 0.6) is 0 Å². The van der Waals surface area contributed by atoms with Gasteiger partial charge in [0.05, 0.1) is 28.9 Å². The van der Waals surface area contributed by atoms with E-state index in [1.807, 2.05) is 18.9 Å². The molecule has 3 heterocycles. The number of likely N-dealkylation sites (N-methyl/N-ethyl adjacent to an activating group) is 1. The van der Waals surface area contributed by atoms with E-state index in [2.05, 4.69) is 15.6 Å². The molecule has 0 aliphatic carbocycles. The normalized spacial score (nSPS) is 22.9. The van der Waals surface area contributed by atoms with Gasteiger partial charge in [0, 0.05) is 44.2 Å².